The molecule has 0 spiro atoms. The summed E-state index contributed by atoms with van der Waals surface area (Å²) in [5.41, 5.74) is 2.52. The van der Waals surface area contributed by atoms with Gasteiger partial charge < -0.3 is 18.9 Å². The lowest BCUT2D eigenvalue weighted by molar-refractivity contribution is -0.151. The van der Waals surface area contributed by atoms with E-state index in [1.54, 1.807) is 34.3 Å². The minimum atomic E-state index is -0.880. The fourth-order valence-corrected chi connectivity index (χ4v) is 3.74. The van der Waals surface area contributed by atoms with Gasteiger partial charge in [-0.1, -0.05) is 12.1 Å². The van der Waals surface area contributed by atoms with Crippen molar-refractivity contribution in [2.45, 2.75) is 19.3 Å². The van der Waals surface area contributed by atoms with E-state index in [9.17, 15) is 9.59 Å². The van der Waals surface area contributed by atoms with Gasteiger partial charge in [0.25, 0.3) is 0 Å². The van der Waals surface area contributed by atoms with Crippen LogP contribution in [0.3, 0.4) is 0 Å². The van der Waals surface area contributed by atoms with Crippen molar-refractivity contribution in [3.8, 4) is 17.2 Å². The van der Waals surface area contributed by atoms with E-state index >= 15 is 0 Å². The molecule has 2 unspecified atom stereocenters. The highest BCUT2D eigenvalue weighted by molar-refractivity contribution is 6.10. The Morgan fingerprint density at radius 2 is 1.53 bits per heavy atom. The van der Waals surface area contributed by atoms with Crippen LogP contribution in [-0.2, 0) is 14.3 Å². The first-order chi connectivity index (χ1) is 14.5. The lowest BCUT2D eigenvalue weighted by atomic mass is 9.73. The maximum absolute atomic E-state index is 13.0. The van der Waals surface area contributed by atoms with E-state index in [0.717, 1.165) is 16.7 Å². The predicted molar refractivity (Wildman–Crippen MR) is 113 cm³/mol. The fraction of sp³-hybridized carbons (Fsp3) is 0.333. The highest BCUT2D eigenvalue weighted by atomic mass is 16.5. The number of esters is 1. The number of hydrogen-bond acceptors (Lipinski definition) is 6. The van der Waals surface area contributed by atoms with Gasteiger partial charge in [-0.3, -0.25) is 9.59 Å². The molecule has 0 heterocycles. The van der Waals surface area contributed by atoms with Crippen LogP contribution in [-0.4, -0.2) is 39.7 Å². The Balaban J connectivity index is 2.04. The van der Waals surface area contributed by atoms with Crippen molar-refractivity contribution in [2.24, 2.45) is 5.92 Å². The van der Waals surface area contributed by atoms with Crippen LogP contribution in [0.25, 0.3) is 5.57 Å². The minimum Gasteiger partial charge on any atom is -0.497 e. The SMILES string of the molecule is CCOC(=O)C1C(=O)C=C(c2cc(OC)cc(OC)c2)CC1c1ccc(OC)cc1. The molecule has 30 heavy (non-hydrogen) atoms. The lowest BCUT2D eigenvalue weighted by Crippen LogP contribution is -2.34. The van der Waals surface area contributed by atoms with Crippen molar-refractivity contribution in [3.63, 3.8) is 0 Å². The molecule has 1 aliphatic carbocycles. The predicted octanol–water partition coefficient (Wildman–Crippen LogP) is 4.03. The smallest absolute Gasteiger partial charge is 0.317 e. The van der Waals surface area contributed by atoms with E-state index in [-0.39, 0.29) is 18.3 Å². The zero-order valence-electron chi connectivity index (χ0n) is 17.6. The summed E-state index contributed by atoms with van der Waals surface area (Å²) in [6.45, 7) is 1.96. The summed E-state index contributed by atoms with van der Waals surface area (Å²) in [6, 6.07) is 12.9. The molecule has 1 aliphatic rings. The molecule has 6 heteroatoms. The second-order valence-corrected chi connectivity index (χ2v) is 6.99. The van der Waals surface area contributed by atoms with Gasteiger partial charge >= 0.3 is 5.97 Å². The standard InChI is InChI=1S/C24H26O6/c1-5-30-24(26)23-21(15-6-8-18(27-2)9-7-15)12-17(13-22(23)25)16-10-19(28-3)14-20(11-16)29-4/h6-11,13-14,21,23H,5,12H2,1-4H3. The second-order valence-electron chi connectivity index (χ2n) is 6.99. The van der Waals surface area contributed by atoms with Gasteiger partial charge in [0.05, 0.1) is 27.9 Å². The molecule has 2 atom stereocenters. The molecule has 0 amide bonds. The summed E-state index contributed by atoms with van der Waals surface area (Å²) in [5.74, 6) is -0.0207. The number of ketones is 1. The first-order valence-corrected chi connectivity index (χ1v) is 9.79. The number of hydrogen-bond donors (Lipinski definition) is 0. The number of ether oxygens (including phenoxy) is 4. The van der Waals surface area contributed by atoms with Crippen LogP contribution in [0, 0.1) is 5.92 Å². The molecular weight excluding hydrogens is 384 g/mol. The molecule has 0 bridgehead atoms. The molecule has 0 radical (unpaired) electrons. The zero-order valence-corrected chi connectivity index (χ0v) is 17.6. The van der Waals surface area contributed by atoms with Crippen LogP contribution >= 0.6 is 0 Å². The van der Waals surface area contributed by atoms with E-state index in [1.165, 1.54) is 6.08 Å². The van der Waals surface area contributed by atoms with E-state index < -0.39 is 11.9 Å². The van der Waals surface area contributed by atoms with Crippen LogP contribution in [0.2, 0.25) is 0 Å². The van der Waals surface area contributed by atoms with Crippen molar-refractivity contribution in [1.82, 2.24) is 0 Å². The van der Waals surface area contributed by atoms with Crippen molar-refractivity contribution in [3.05, 3.63) is 59.7 Å². The third-order valence-corrected chi connectivity index (χ3v) is 5.27. The minimum absolute atomic E-state index is 0.224. The Hall–Kier alpha value is -3.28. The second kappa shape index (κ2) is 9.48. The molecule has 0 aromatic heterocycles. The van der Waals surface area contributed by atoms with Gasteiger partial charge in [0.15, 0.2) is 5.78 Å². The molecule has 2 aromatic carbocycles. The third kappa shape index (κ3) is 4.48. The number of carbonyl (C=O) groups is 2. The van der Waals surface area contributed by atoms with Crippen LogP contribution < -0.4 is 14.2 Å². The van der Waals surface area contributed by atoms with Gasteiger partial charge in [0.1, 0.15) is 23.2 Å². The Labute approximate surface area is 176 Å². The van der Waals surface area contributed by atoms with E-state index in [1.807, 2.05) is 36.4 Å². The lowest BCUT2D eigenvalue weighted by Gasteiger charge is -2.29. The summed E-state index contributed by atoms with van der Waals surface area (Å²) in [5, 5.41) is 0. The molecule has 0 saturated heterocycles. The topological polar surface area (TPSA) is 71.1 Å². The monoisotopic (exact) mass is 410 g/mol. The quantitative estimate of drug-likeness (QED) is 0.507. The first kappa shape index (κ1) is 21.4. The van der Waals surface area contributed by atoms with Crippen LogP contribution in [0.15, 0.2) is 48.5 Å². The van der Waals surface area contributed by atoms with E-state index in [0.29, 0.717) is 23.7 Å². The van der Waals surface area contributed by atoms with Crippen LogP contribution in [0.4, 0.5) is 0 Å². The molecule has 0 aliphatic heterocycles. The van der Waals surface area contributed by atoms with Crippen molar-refractivity contribution in [1.29, 1.82) is 0 Å². The maximum Gasteiger partial charge on any atom is 0.317 e. The van der Waals surface area contributed by atoms with Crippen LogP contribution in [0.1, 0.15) is 30.4 Å². The number of carbonyl (C=O) groups excluding carboxylic acids is 2. The first-order valence-electron chi connectivity index (χ1n) is 9.79. The van der Waals surface area contributed by atoms with E-state index in [4.69, 9.17) is 18.9 Å². The number of methoxy groups -OCH3 is 3. The Kier molecular flexibility index (Phi) is 6.77. The number of allylic oxidation sites excluding steroid dienone is 2. The highest BCUT2D eigenvalue weighted by Crippen LogP contribution is 2.42. The number of rotatable bonds is 7. The summed E-state index contributed by atoms with van der Waals surface area (Å²) < 4.78 is 21.2. The average Bonchev–Trinajstić information content (AvgIpc) is 2.78. The molecule has 0 N–H and O–H groups in total. The van der Waals surface area contributed by atoms with Gasteiger partial charge in [-0.2, -0.15) is 0 Å². The maximum atomic E-state index is 13.0. The van der Waals surface area contributed by atoms with Gasteiger partial charge in [0.2, 0.25) is 0 Å². The Bertz CT molecular complexity index is 922. The largest absolute Gasteiger partial charge is 0.497 e. The summed E-state index contributed by atoms with van der Waals surface area (Å²) in [4.78, 5) is 25.7. The van der Waals surface area contributed by atoms with Gasteiger partial charge in [-0.15, -0.1) is 0 Å². The van der Waals surface area contributed by atoms with Crippen molar-refractivity contribution < 1.29 is 28.5 Å². The summed E-state index contributed by atoms with van der Waals surface area (Å²) in [6.07, 6.45) is 2.04. The molecule has 158 valence electrons. The van der Waals surface area contributed by atoms with Crippen molar-refractivity contribution in [2.75, 3.05) is 27.9 Å². The molecule has 3 rings (SSSR count). The average molecular weight is 410 g/mol. The number of benzene rings is 2. The molecule has 0 saturated carbocycles. The fourth-order valence-electron chi connectivity index (χ4n) is 3.74. The third-order valence-electron chi connectivity index (χ3n) is 5.27. The molecular formula is C24H26O6. The highest BCUT2D eigenvalue weighted by Gasteiger charge is 2.39. The molecule has 0 fully saturated rings. The molecule has 2 aromatic rings. The zero-order chi connectivity index (χ0) is 21.7. The summed E-state index contributed by atoms with van der Waals surface area (Å²) >= 11 is 0. The normalized spacial score (nSPS) is 18.4. The summed E-state index contributed by atoms with van der Waals surface area (Å²) in [7, 11) is 4.75. The van der Waals surface area contributed by atoms with Crippen molar-refractivity contribution >= 4 is 17.3 Å². The molecule has 6 nitrogen and oxygen atoms in total. The van der Waals surface area contributed by atoms with Gasteiger partial charge in [-0.25, -0.2) is 0 Å². The Morgan fingerprint density at radius 3 is 2.07 bits per heavy atom. The van der Waals surface area contributed by atoms with Crippen LogP contribution in [0.5, 0.6) is 17.2 Å². The van der Waals surface area contributed by atoms with Gasteiger partial charge in [0, 0.05) is 12.0 Å². The van der Waals surface area contributed by atoms with Gasteiger partial charge in [-0.05, 0) is 60.4 Å². The Morgan fingerprint density at radius 1 is 0.933 bits per heavy atom. The van der Waals surface area contributed by atoms with E-state index in [2.05, 4.69) is 0 Å².